The number of nitrogens with two attached hydrogens (primary N) is 1. The van der Waals surface area contributed by atoms with Crippen LogP contribution < -0.4 is 5.73 Å². The summed E-state index contributed by atoms with van der Waals surface area (Å²) < 4.78 is 38.2. The molecule has 1 heterocycles. The maximum Gasteiger partial charge on any atom is 0.249 e. The van der Waals surface area contributed by atoms with E-state index in [4.69, 9.17) is 5.73 Å². The first-order chi connectivity index (χ1) is 6.56. The highest BCUT2D eigenvalue weighted by molar-refractivity contribution is 5.13. The summed E-state index contributed by atoms with van der Waals surface area (Å²) in [6, 6.07) is -0.220. The fraction of sp³-hybridized carbons (Fsp3) is 0.444. The molecule has 0 aliphatic heterocycles. The molecule has 0 radical (unpaired) electrons. The molecule has 0 fully saturated rings. The zero-order chi connectivity index (χ0) is 10.7. The summed E-state index contributed by atoms with van der Waals surface area (Å²) in [6.45, 7) is 1.86. The molecule has 1 aromatic rings. The maximum atomic E-state index is 13.1. The topological polar surface area (TPSA) is 38.9 Å². The van der Waals surface area contributed by atoms with Crippen molar-refractivity contribution in [2.24, 2.45) is 5.73 Å². The molecule has 1 rings (SSSR count). The predicted molar refractivity (Wildman–Crippen MR) is 45.9 cm³/mol. The van der Waals surface area contributed by atoms with E-state index in [2.05, 4.69) is 4.98 Å². The van der Waals surface area contributed by atoms with Gasteiger partial charge in [0.1, 0.15) is 5.82 Å². The Morgan fingerprint density at radius 1 is 1.36 bits per heavy atom. The molecule has 0 bridgehead atoms. The highest BCUT2D eigenvalue weighted by atomic mass is 19.2. The molecule has 0 unspecified atom stereocenters. The van der Waals surface area contributed by atoms with Crippen LogP contribution in [-0.2, 0) is 0 Å². The van der Waals surface area contributed by atoms with Gasteiger partial charge in [0, 0.05) is 6.07 Å². The van der Waals surface area contributed by atoms with E-state index in [1.807, 2.05) is 6.92 Å². The van der Waals surface area contributed by atoms with Crippen LogP contribution in [0.15, 0.2) is 6.07 Å². The van der Waals surface area contributed by atoms with Gasteiger partial charge in [-0.05, 0) is 6.42 Å². The summed E-state index contributed by atoms with van der Waals surface area (Å²) in [7, 11) is 0. The van der Waals surface area contributed by atoms with Crippen LogP contribution in [0.25, 0.3) is 0 Å². The predicted octanol–water partition coefficient (Wildman–Crippen LogP) is 2.30. The molecule has 0 amide bonds. The van der Waals surface area contributed by atoms with E-state index in [0.717, 1.165) is 6.42 Å². The van der Waals surface area contributed by atoms with Crippen LogP contribution in [0.2, 0.25) is 0 Å². The molecule has 5 heteroatoms. The Morgan fingerprint density at radius 2 is 2.00 bits per heavy atom. The second-order valence-corrected chi connectivity index (χ2v) is 3.02. The van der Waals surface area contributed by atoms with E-state index < -0.39 is 23.6 Å². The van der Waals surface area contributed by atoms with Gasteiger partial charge in [-0.2, -0.15) is 4.39 Å². The largest absolute Gasteiger partial charge is 0.323 e. The number of halogens is 3. The Hall–Kier alpha value is -1.10. The maximum absolute atomic E-state index is 13.1. The number of rotatable bonds is 3. The van der Waals surface area contributed by atoms with Gasteiger partial charge in [0.2, 0.25) is 5.95 Å². The SMILES string of the molecule is CCC[C@H](N)c1nc(F)c(F)cc1F. The average molecular weight is 204 g/mol. The molecule has 14 heavy (non-hydrogen) atoms. The molecule has 78 valence electrons. The summed E-state index contributed by atoms with van der Waals surface area (Å²) in [4.78, 5) is 3.15. The molecule has 0 spiro atoms. The number of aromatic nitrogens is 1. The summed E-state index contributed by atoms with van der Waals surface area (Å²) in [6.07, 6.45) is 1.20. The van der Waals surface area contributed by atoms with Gasteiger partial charge in [-0.3, -0.25) is 0 Å². The van der Waals surface area contributed by atoms with E-state index in [-0.39, 0.29) is 5.69 Å². The average Bonchev–Trinajstić information content (AvgIpc) is 2.11. The fourth-order valence-corrected chi connectivity index (χ4v) is 1.17. The van der Waals surface area contributed by atoms with Crippen molar-refractivity contribution in [1.29, 1.82) is 0 Å². The first-order valence-electron chi connectivity index (χ1n) is 4.33. The zero-order valence-electron chi connectivity index (χ0n) is 7.73. The van der Waals surface area contributed by atoms with Crippen LogP contribution in [0.3, 0.4) is 0 Å². The van der Waals surface area contributed by atoms with Gasteiger partial charge in [-0.1, -0.05) is 13.3 Å². The van der Waals surface area contributed by atoms with Crippen molar-refractivity contribution in [3.63, 3.8) is 0 Å². The molecule has 1 aromatic heterocycles. The van der Waals surface area contributed by atoms with Crippen molar-refractivity contribution in [2.45, 2.75) is 25.8 Å². The van der Waals surface area contributed by atoms with E-state index in [1.54, 1.807) is 0 Å². The van der Waals surface area contributed by atoms with Gasteiger partial charge in [0.15, 0.2) is 5.82 Å². The zero-order valence-corrected chi connectivity index (χ0v) is 7.73. The van der Waals surface area contributed by atoms with Crippen LogP contribution in [0.1, 0.15) is 31.5 Å². The van der Waals surface area contributed by atoms with Crippen LogP contribution in [0.5, 0.6) is 0 Å². The second kappa shape index (κ2) is 4.41. The Balaban J connectivity index is 3.02. The van der Waals surface area contributed by atoms with Crippen molar-refractivity contribution < 1.29 is 13.2 Å². The lowest BCUT2D eigenvalue weighted by Gasteiger charge is -2.10. The second-order valence-electron chi connectivity index (χ2n) is 3.02. The van der Waals surface area contributed by atoms with E-state index in [0.29, 0.717) is 12.5 Å². The summed E-state index contributed by atoms with van der Waals surface area (Å²) >= 11 is 0. The molecule has 0 aliphatic carbocycles. The number of hydrogen-bond donors (Lipinski definition) is 1. The molecule has 0 aromatic carbocycles. The van der Waals surface area contributed by atoms with Crippen molar-refractivity contribution in [2.75, 3.05) is 0 Å². The molecule has 0 saturated heterocycles. The highest BCUT2D eigenvalue weighted by Crippen LogP contribution is 2.18. The van der Waals surface area contributed by atoms with E-state index >= 15 is 0 Å². The van der Waals surface area contributed by atoms with Crippen LogP contribution in [0, 0.1) is 17.6 Å². The van der Waals surface area contributed by atoms with E-state index in [1.165, 1.54) is 0 Å². The number of hydrogen-bond acceptors (Lipinski definition) is 2. The Kier molecular flexibility index (Phi) is 3.46. The molecule has 2 nitrogen and oxygen atoms in total. The molecular weight excluding hydrogens is 193 g/mol. The summed E-state index contributed by atoms with van der Waals surface area (Å²) in [5, 5.41) is 0. The monoisotopic (exact) mass is 204 g/mol. The first kappa shape index (κ1) is 11.0. The third-order valence-electron chi connectivity index (χ3n) is 1.86. The number of pyridine rings is 1. The lowest BCUT2D eigenvalue weighted by Crippen LogP contribution is -2.15. The highest BCUT2D eigenvalue weighted by Gasteiger charge is 2.16. The minimum atomic E-state index is -1.31. The molecular formula is C9H11F3N2. The van der Waals surface area contributed by atoms with Crippen molar-refractivity contribution >= 4 is 0 Å². The minimum absolute atomic E-state index is 0.217. The third kappa shape index (κ3) is 2.23. The molecule has 1 atom stereocenters. The molecule has 0 aliphatic rings. The van der Waals surface area contributed by atoms with Crippen LogP contribution >= 0.6 is 0 Å². The van der Waals surface area contributed by atoms with Gasteiger partial charge in [-0.25, -0.2) is 13.8 Å². The van der Waals surface area contributed by atoms with Gasteiger partial charge in [0.05, 0.1) is 11.7 Å². The lowest BCUT2D eigenvalue weighted by molar-refractivity contribution is 0.443. The standard InChI is InChI=1S/C9H11F3N2/c1-2-3-7(13)8-5(10)4-6(11)9(12)14-8/h4,7H,2-3,13H2,1H3/t7-/m0/s1. The van der Waals surface area contributed by atoms with E-state index in [9.17, 15) is 13.2 Å². The molecule has 2 N–H and O–H groups in total. The minimum Gasteiger partial charge on any atom is -0.323 e. The van der Waals surface area contributed by atoms with Gasteiger partial charge < -0.3 is 5.73 Å². The third-order valence-corrected chi connectivity index (χ3v) is 1.86. The van der Waals surface area contributed by atoms with Crippen LogP contribution in [0.4, 0.5) is 13.2 Å². The lowest BCUT2D eigenvalue weighted by atomic mass is 10.1. The first-order valence-corrected chi connectivity index (χ1v) is 4.33. The van der Waals surface area contributed by atoms with Crippen molar-refractivity contribution in [3.05, 3.63) is 29.3 Å². The Morgan fingerprint density at radius 3 is 2.57 bits per heavy atom. The van der Waals surface area contributed by atoms with Crippen LogP contribution in [-0.4, -0.2) is 4.98 Å². The van der Waals surface area contributed by atoms with Crippen molar-refractivity contribution in [3.8, 4) is 0 Å². The Bertz CT molecular complexity index is 328. The van der Waals surface area contributed by atoms with Gasteiger partial charge in [-0.15, -0.1) is 0 Å². The quantitative estimate of drug-likeness (QED) is 0.767. The smallest absolute Gasteiger partial charge is 0.249 e. The fourth-order valence-electron chi connectivity index (χ4n) is 1.17. The Labute approximate surface area is 79.9 Å². The number of nitrogens with zero attached hydrogens (tertiary/aromatic N) is 1. The summed E-state index contributed by atoms with van der Waals surface area (Å²) in [5.74, 6) is -3.51. The van der Waals surface area contributed by atoms with Gasteiger partial charge in [0.25, 0.3) is 0 Å². The van der Waals surface area contributed by atoms with Gasteiger partial charge >= 0.3 is 0 Å². The summed E-state index contributed by atoms with van der Waals surface area (Å²) in [5.41, 5.74) is 5.32. The molecule has 0 saturated carbocycles. The normalized spacial score (nSPS) is 12.9. The van der Waals surface area contributed by atoms with Crippen molar-refractivity contribution in [1.82, 2.24) is 4.98 Å².